The van der Waals surface area contributed by atoms with Crippen molar-refractivity contribution in [1.29, 1.82) is 5.26 Å². The molecule has 0 atom stereocenters. The van der Waals surface area contributed by atoms with Gasteiger partial charge >= 0.3 is 0 Å². The molecule has 0 spiro atoms. The maximum absolute atomic E-state index is 12.4. The summed E-state index contributed by atoms with van der Waals surface area (Å²) < 4.78 is 27.7. The third-order valence-corrected chi connectivity index (χ3v) is 6.29. The molecule has 0 fully saturated rings. The van der Waals surface area contributed by atoms with Crippen molar-refractivity contribution in [2.75, 3.05) is 10.5 Å². The van der Waals surface area contributed by atoms with Crippen LogP contribution in [0.1, 0.15) is 16.0 Å². The zero-order chi connectivity index (χ0) is 15.8. The number of halogens is 1. The summed E-state index contributed by atoms with van der Waals surface area (Å²) in [5.41, 5.74) is 7.25. The van der Waals surface area contributed by atoms with Gasteiger partial charge in [-0.15, -0.1) is 11.3 Å². The Morgan fingerprint density at radius 3 is 2.62 bits per heavy atom. The summed E-state index contributed by atoms with van der Waals surface area (Å²) >= 11 is 4.45. The summed E-state index contributed by atoms with van der Waals surface area (Å²) in [5, 5.41) is 9.49. The summed E-state index contributed by atoms with van der Waals surface area (Å²) in [6, 6.07) is 6.39. The molecule has 0 amide bonds. The molecular formula is C13H12BrN3O2S2. The molecular weight excluding hydrogens is 374 g/mol. The first-order valence-corrected chi connectivity index (χ1v) is 8.93. The van der Waals surface area contributed by atoms with E-state index < -0.39 is 10.0 Å². The van der Waals surface area contributed by atoms with E-state index in [2.05, 4.69) is 20.7 Å². The van der Waals surface area contributed by atoms with Crippen molar-refractivity contribution in [3.8, 4) is 6.07 Å². The number of anilines is 2. The molecule has 2 rings (SSSR count). The molecule has 0 saturated heterocycles. The van der Waals surface area contributed by atoms with E-state index in [1.807, 2.05) is 13.0 Å². The number of nitrogens with one attached hydrogen (secondary N) is 1. The highest BCUT2D eigenvalue weighted by Crippen LogP contribution is 2.33. The first-order valence-electron chi connectivity index (χ1n) is 5.84. The lowest BCUT2D eigenvalue weighted by Crippen LogP contribution is -2.13. The number of nitrogens with zero attached hydrogens (tertiary/aromatic N) is 1. The number of nitriles is 1. The number of rotatable bonds is 3. The van der Waals surface area contributed by atoms with E-state index in [1.54, 1.807) is 6.92 Å². The average Bonchev–Trinajstić information content (AvgIpc) is 2.66. The Kier molecular flexibility index (Phi) is 4.27. The molecule has 1 aromatic heterocycles. The predicted molar refractivity (Wildman–Crippen MR) is 87.9 cm³/mol. The van der Waals surface area contributed by atoms with Crippen LogP contribution in [0.4, 0.5) is 10.7 Å². The monoisotopic (exact) mass is 385 g/mol. The number of benzene rings is 1. The van der Waals surface area contributed by atoms with E-state index in [9.17, 15) is 8.42 Å². The average molecular weight is 386 g/mol. The van der Waals surface area contributed by atoms with Crippen molar-refractivity contribution in [1.82, 2.24) is 0 Å². The van der Waals surface area contributed by atoms with Crippen LogP contribution < -0.4 is 10.5 Å². The Labute approximate surface area is 135 Å². The second-order valence-corrected chi connectivity index (χ2v) is 8.15. The van der Waals surface area contributed by atoms with Gasteiger partial charge in [0.05, 0.1) is 10.5 Å². The highest BCUT2D eigenvalue weighted by Gasteiger charge is 2.20. The van der Waals surface area contributed by atoms with Crippen molar-refractivity contribution >= 4 is 48.0 Å². The Morgan fingerprint density at radius 2 is 2.05 bits per heavy atom. The van der Waals surface area contributed by atoms with Crippen LogP contribution in [0, 0.1) is 25.2 Å². The van der Waals surface area contributed by atoms with E-state index >= 15 is 0 Å². The minimum Gasteiger partial charge on any atom is -0.398 e. The molecule has 0 aliphatic carbocycles. The van der Waals surface area contributed by atoms with E-state index in [0.29, 0.717) is 20.7 Å². The van der Waals surface area contributed by atoms with Crippen molar-refractivity contribution in [2.24, 2.45) is 0 Å². The molecule has 0 aliphatic heterocycles. The summed E-state index contributed by atoms with van der Waals surface area (Å²) in [5.74, 6) is 0. The number of nitrogens with two attached hydrogens (primary N) is 1. The standard InChI is InChI=1S/C13H12BrN3O2S2/c1-7-8(2)20-13(10(7)6-15)17-21(18,19)9-3-4-12(16)11(14)5-9/h3-5,17H,16H2,1-2H3. The molecule has 110 valence electrons. The van der Waals surface area contributed by atoms with Gasteiger partial charge in [0.2, 0.25) is 0 Å². The quantitative estimate of drug-likeness (QED) is 0.791. The molecule has 2 aromatic rings. The number of nitrogen functional groups attached to an aromatic ring is 1. The van der Waals surface area contributed by atoms with Crippen LogP contribution in [0.15, 0.2) is 27.6 Å². The lowest BCUT2D eigenvalue weighted by atomic mass is 10.2. The van der Waals surface area contributed by atoms with Gasteiger partial charge in [-0.1, -0.05) is 0 Å². The smallest absolute Gasteiger partial charge is 0.262 e. The molecule has 5 nitrogen and oxygen atoms in total. The fourth-order valence-corrected chi connectivity index (χ4v) is 4.56. The first kappa shape index (κ1) is 15.8. The number of aryl methyl sites for hydroxylation is 1. The fourth-order valence-electron chi connectivity index (χ4n) is 1.69. The third-order valence-electron chi connectivity index (χ3n) is 3.01. The zero-order valence-corrected chi connectivity index (χ0v) is 14.5. The van der Waals surface area contributed by atoms with Gasteiger partial charge in [0.15, 0.2) is 0 Å². The summed E-state index contributed by atoms with van der Waals surface area (Å²) in [6.45, 7) is 3.64. The number of thiophene rings is 1. The lowest BCUT2D eigenvalue weighted by Gasteiger charge is -2.08. The van der Waals surface area contributed by atoms with E-state index in [0.717, 1.165) is 10.4 Å². The molecule has 1 aromatic carbocycles. The first-order chi connectivity index (χ1) is 9.76. The summed E-state index contributed by atoms with van der Waals surface area (Å²) in [7, 11) is -3.76. The second-order valence-electron chi connectivity index (χ2n) is 4.39. The minimum absolute atomic E-state index is 0.0798. The molecule has 0 bridgehead atoms. The van der Waals surface area contributed by atoms with Crippen LogP contribution >= 0.6 is 27.3 Å². The van der Waals surface area contributed by atoms with Crippen molar-refractivity contribution in [3.63, 3.8) is 0 Å². The van der Waals surface area contributed by atoms with Gasteiger partial charge in [-0.05, 0) is 53.5 Å². The molecule has 0 aliphatic rings. The van der Waals surface area contributed by atoms with Gasteiger partial charge in [-0.2, -0.15) is 5.26 Å². The van der Waals surface area contributed by atoms with Gasteiger partial charge in [0, 0.05) is 15.0 Å². The molecule has 1 heterocycles. The van der Waals surface area contributed by atoms with Crippen LogP contribution in [-0.2, 0) is 10.0 Å². The molecule has 3 N–H and O–H groups in total. The Bertz CT molecular complexity index is 851. The van der Waals surface area contributed by atoms with Crippen molar-refractivity contribution in [2.45, 2.75) is 18.7 Å². The van der Waals surface area contributed by atoms with Gasteiger partial charge in [-0.3, -0.25) is 4.72 Å². The van der Waals surface area contributed by atoms with Gasteiger partial charge in [0.1, 0.15) is 11.1 Å². The number of sulfonamides is 1. The van der Waals surface area contributed by atoms with E-state index in [1.165, 1.54) is 29.5 Å². The molecule has 0 radical (unpaired) electrons. The van der Waals surface area contributed by atoms with Crippen LogP contribution in [0.2, 0.25) is 0 Å². The highest BCUT2D eigenvalue weighted by atomic mass is 79.9. The van der Waals surface area contributed by atoms with Crippen LogP contribution in [0.3, 0.4) is 0 Å². The molecule has 21 heavy (non-hydrogen) atoms. The maximum Gasteiger partial charge on any atom is 0.262 e. The highest BCUT2D eigenvalue weighted by molar-refractivity contribution is 9.10. The summed E-state index contributed by atoms with van der Waals surface area (Å²) in [6.07, 6.45) is 0. The molecule has 0 saturated carbocycles. The molecule has 0 unspecified atom stereocenters. The topological polar surface area (TPSA) is 96.0 Å². The van der Waals surface area contributed by atoms with E-state index in [-0.39, 0.29) is 4.90 Å². The summed E-state index contributed by atoms with van der Waals surface area (Å²) in [4.78, 5) is 0.985. The number of hydrogen-bond donors (Lipinski definition) is 2. The third kappa shape index (κ3) is 3.05. The minimum atomic E-state index is -3.76. The molecule has 8 heteroatoms. The lowest BCUT2D eigenvalue weighted by molar-refractivity contribution is 0.601. The normalized spacial score (nSPS) is 11.1. The van der Waals surface area contributed by atoms with Crippen molar-refractivity contribution < 1.29 is 8.42 Å². The predicted octanol–water partition coefficient (Wildman–Crippen LogP) is 3.38. The Hall–Kier alpha value is -1.56. The SMILES string of the molecule is Cc1sc(NS(=O)(=O)c2ccc(N)c(Br)c2)c(C#N)c1C. The fraction of sp³-hybridized carbons (Fsp3) is 0.154. The Balaban J connectivity index is 2.45. The Morgan fingerprint density at radius 1 is 1.38 bits per heavy atom. The zero-order valence-electron chi connectivity index (χ0n) is 11.3. The van der Waals surface area contributed by atoms with Crippen LogP contribution in [-0.4, -0.2) is 8.42 Å². The van der Waals surface area contributed by atoms with Gasteiger partial charge in [0.25, 0.3) is 10.0 Å². The maximum atomic E-state index is 12.4. The number of hydrogen-bond acceptors (Lipinski definition) is 5. The van der Waals surface area contributed by atoms with Crippen LogP contribution in [0.5, 0.6) is 0 Å². The second kappa shape index (κ2) is 5.67. The largest absolute Gasteiger partial charge is 0.398 e. The van der Waals surface area contributed by atoms with Gasteiger partial charge < -0.3 is 5.73 Å². The van der Waals surface area contributed by atoms with Crippen molar-refractivity contribution in [3.05, 3.63) is 38.7 Å². The van der Waals surface area contributed by atoms with E-state index in [4.69, 9.17) is 11.0 Å². The van der Waals surface area contributed by atoms with Gasteiger partial charge in [-0.25, -0.2) is 8.42 Å². The van der Waals surface area contributed by atoms with Crippen LogP contribution in [0.25, 0.3) is 0 Å².